The molecule has 2 aromatic heterocycles. The molecular formula is C25H22N2O7. The lowest BCUT2D eigenvalue weighted by Gasteiger charge is -2.20. The molecule has 0 saturated heterocycles. The monoisotopic (exact) mass is 462 g/mol. The van der Waals surface area contributed by atoms with Gasteiger partial charge in [0.15, 0.2) is 22.8 Å². The zero-order valence-electron chi connectivity index (χ0n) is 19.1. The van der Waals surface area contributed by atoms with Crippen molar-refractivity contribution in [3.05, 3.63) is 52.4 Å². The van der Waals surface area contributed by atoms with Crippen molar-refractivity contribution in [3.63, 3.8) is 0 Å². The van der Waals surface area contributed by atoms with Crippen LogP contribution in [0.25, 0.3) is 33.8 Å². The number of benzene rings is 2. The average Bonchev–Trinajstić information content (AvgIpc) is 3.47. The van der Waals surface area contributed by atoms with Crippen molar-refractivity contribution >= 4 is 16.9 Å². The van der Waals surface area contributed by atoms with Gasteiger partial charge in [0.25, 0.3) is 5.89 Å². The Labute approximate surface area is 194 Å². The van der Waals surface area contributed by atoms with Crippen LogP contribution in [-0.4, -0.2) is 22.9 Å². The molecule has 0 N–H and O–H groups in total. The zero-order valence-corrected chi connectivity index (χ0v) is 19.1. The van der Waals surface area contributed by atoms with Gasteiger partial charge < -0.3 is 23.2 Å². The molecule has 0 atom stereocenters. The van der Waals surface area contributed by atoms with E-state index in [9.17, 15) is 9.59 Å². The summed E-state index contributed by atoms with van der Waals surface area (Å²) < 4.78 is 27.1. The third-order valence-corrected chi connectivity index (χ3v) is 5.46. The van der Waals surface area contributed by atoms with E-state index in [2.05, 4.69) is 10.1 Å². The largest absolute Gasteiger partial charge is 0.454 e. The highest BCUT2D eigenvalue weighted by Gasteiger charge is 2.23. The van der Waals surface area contributed by atoms with Gasteiger partial charge in [0.05, 0.1) is 0 Å². The maximum Gasteiger partial charge on any atom is 0.349 e. The Morgan fingerprint density at radius 3 is 2.65 bits per heavy atom. The maximum atomic E-state index is 12.9. The number of ether oxygens (including phenoxy) is 3. The molecule has 9 heteroatoms. The molecule has 1 aliphatic rings. The van der Waals surface area contributed by atoms with Crippen molar-refractivity contribution < 1.29 is 27.9 Å². The Bertz CT molecular complexity index is 1480. The Balaban J connectivity index is 1.60. The molecule has 0 fully saturated rings. The molecule has 0 spiro atoms. The van der Waals surface area contributed by atoms with Crippen LogP contribution in [0.1, 0.15) is 39.7 Å². The molecule has 0 radical (unpaired) electrons. The number of carbonyl (C=O) groups is 1. The number of hydrogen-bond acceptors (Lipinski definition) is 9. The van der Waals surface area contributed by atoms with Gasteiger partial charge in [-0.25, -0.2) is 4.79 Å². The minimum absolute atomic E-state index is 0.0107. The number of aromatic nitrogens is 2. The number of hydrogen-bond donors (Lipinski definition) is 0. The van der Waals surface area contributed by atoms with Gasteiger partial charge in [0.1, 0.15) is 5.56 Å². The molecule has 5 rings (SSSR count). The summed E-state index contributed by atoms with van der Waals surface area (Å²) in [7, 11) is 0. The van der Waals surface area contributed by atoms with E-state index in [0.29, 0.717) is 22.4 Å². The molecular weight excluding hydrogens is 440 g/mol. The number of esters is 1. The number of nitrogens with zero attached hydrogens (tertiary/aromatic N) is 2. The third-order valence-electron chi connectivity index (χ3n) is 5.46. The van der Waals surface area contributed by atoms with Crippen LogP contribution in [-0.2, 0) is 10.2 Å². The van der Waals surface area contributed by atoms with Crippen molar-refractivity contribution in [2.45, 2.75) is 39.5 Å². The van der Waals surface area contributed by atoms with Gasteiger partial charge >= 0.3 is 11.6 Å². The molecule has 0 amide bonds. The molecule has 2 aromatic carbocycles. The van der Waals surface area contributed by atoms with Crippen LogP contribution in [0.5, 0.6) is 17.2 Å². The molecule has 0 aliphatic carbocycles. The summed E-state index contributed by atoms with van der Waals surface area (Å²) in [6.07, 6.45) is 0.189. The van der Waals surface area contributed by atoms with E-state index in [1.807, 2.05) is 26.8 Å². The van der Waals surface area contributed by atoms with Gasteiger partial charge in [0.2, 0.25) is 12.6 Å². The van der Waals surface area contributed by atoms with E-state index in [-0.39, 0.29) is 47.2 Å². The Kier molecular flexibility index (Phi) is 5.11. The molecule has 4 aromatic rings. The molecule has 0 unspecified atom stereocenters. The van der Waals surface area contributed by atoms with Crippen molar-refractivity contribution in [3.8, 4) is 40.1 Å². The number of carbonyl (C=O) groups excluding carboxylic acids is 1. The van der Waals surface area contributed by atoms with Crippen LogP contribution in [0, 0.1) is 0 Å². The van der Waals surface area contributed by atoms with E-state index in [1.165, 1.54) is 0 Å². The fraction of sp³-hybridized carbons (Fsp3) is 0.280. The maximum absolute atomic E-state index is 12.9. The van der Waals surface area contributed by atoms with Crippen molar-refractivity contribution in [1.82, 2.24) is 10.1 Å². The van der Waals surface area contributed by atoms with Gasteiger partial charge in [0, 0.05) is 17.4 Å². The van der Waals surface area contributed by atoms with E-state index in [1.54, 1.807) is 37.3 Å². The topological polar surface area (TPSA) is 114 Å². The van der Waals surface area contributed by atoms with Gasteiger partial charge in [-0.15, -0.1) is 0 Å². The quantitative estimate of drug-likeness (QED) is 0.238. The minimum atomic E-state index is -0.689. The molecule has 174 valence electrons. The lowest BCUT2D eigenvalue weighted by molar-refractivity contribution is -0.133. The number of fused-ring (bicyclic) bond motifs is 2. The second kappa shape index (κ2) is 8.02. The van der Waals surface area contributed by atoms with Crippen molar-refractivity contribution in [2.75, 3.05) is 6.79 Å². The average molecular weight is 462 g/mol. The van der Waals surface area contributed by atoms with Crippen molar-refractivity contribution in [1.29, 1.82) is 0 Å². The molecule has 34 heavy (non-hydrogen) atoms. The van der Waals surface area contributed by atoms with Gasteiger partial charge in [-0.1, -0.05) is 32.9 Å². The van der Waals surface area contributed by atoms with E-state index in [4.69, 9.17) is 23.2 Å². The van der Waals surface area contributed by atoms with E-state index >= 15 is 0 Å². The fourth-order valence-electron chi connectivity index (χ4n) is 3.54. The molecule has 3 heterocycles. The number of rotatable bonds is 4. The smallest absolute Gasteiger partial charge is 0.349 e. The molecule has 1 aliphatic heterocycles. The summed E-state index contributed by atoms with van der Waals surface area (Å²) in [6.45, 7) is 7.96. The molecule has 0 bridgehead atoms. The third kappa shape index (κ3) is 3.89. The summed E-state index contributed by atoms with van der Waals surface area (Å²) in [6, 6.07) is 10.5. The Hall–Kier alpha value is -4.14. The first-order valence-corrected chi connectivity index (χ1v) is 10.8. The highest BCUT2D eigenvalue weighted by Crippen LogP contribution is 2.37. The van der Waals surface area contributed by atoms with Gasteiger partial charge in [-0.2, -0.15) is 4.98 Å². The van der Waals surface area contributed by atoms with Gasteiger partial charge in [-0.05, 0) is 47.4 Å². The molecule has 9 nitrogen and oxygen atoms in total. The normalized spacial score (nSPS) is 12.8. The summed E-state index contributed by atoms with van der Waals surface area (Å²) in [5, 5.41) is 4.57. The van der Waals surface area contributed by atoms with E-state index < -0.39 is 11.6 Å². The SMILES string of the molecule is CCC(=O)Oc1cc(C(C)(C)C)cc2cc(-c3nc(-c4ccc5c(c4)OCO5)no3)c(=O)oc12. The summed E-state index contributed by atoms with van der Waals surface area (Å²) in [4.78, 5) is 29.2. The van der Waals surface area contributed by atoms with Crippen molar-refractivity contribution in [2.24, 2.45) is 0 Å². The first-order chi connectivity index (χ1) is 16.2. The first kappa shape index (κ1) is 21.7. The van der Waals surface area contributed by atoms with Crippen LogP contribution < -0.4 is 19.8 Å². The highest BCUT2D eigenvalue weighted by atomic mass is 16.7. The lowest BCUT2D eigenvalue weighted by atomic mass is 9.86. The van der Waals surface area contributed by atoms with Crippen LogP contribution in [0.3, 0.4) is 0 Å². The van der Waals surface area contributed by atoms with Gasteiger partial charge in [-0.3, -0.25) is 4.79 Å². The first-order valence-electron chi connectivity index (χ1n) is 10.8. The molecule has 0 saturated carbocycles. The minimum Gasteiger partial charge on any atom is -0.454 e. The summed E-state index contributed by atoms with van der Waals surface area (Å²) >= 11 is 0. The van der Waals surface area contributed by atoms with E-state index in [0.717, 1.165) is 5.56 Å². The Morgan fingerprint density at radius 2 is 1.88 bits per heavy atom. The van der Waals surface area contributed by atoms with Crippen LogP contribution in [0.4, 0.5) is 0 Å². The lowest BCUT2D eigenvalue weighted by Crippen LogP contribution is -2.13. The predicted molar refractivity (Wildman–Crippen MR) is 122 cm³/mol. The second-order valence-corrected chi connectivity index (χ2v) is 8.91. The Morgan fingerprint density at radius 1 is 1.09 bits per heavy atom. The standard InChI is InChI=1S/C25H22N2O7/c1-5-20(28)32-19-11-15(25(2,3)4)8-14-9-16(24(29)33-21(14)19)23-26-22(27-34-23)13-6-7-17-18(10-13)31-12-30-17/h6-11H,5,12H2,1-4H3. The van der Waals surface area contributed by atoms with Crippen LogP contribution in [0.15, 0.2) is 50.1 Å². The predicted octanol–water partition coefficient (Wildman–Crippen LogP) is 4.85. The van der Waals surface area contributed by atoms with Crippen LogP contribution >= 0.6 is 0 Å². The fourth-order valence-corrected chi connectivity index (χ4v) is 3.54. The summed E-state index contributed by atoms with van der Waals surface area (Å²) in [5.41, 5.74) is 0.906. The highest BCUT2D eigenvalue weighted by molar-refractivity contribution is 5.88. The zero-order chi connectivity index (χ0) is 24.0. The van der Waals surface area contributed by atoms with Crippen LogP contribution in [0.2, 0.25) is 0 Å². The second-order valence-electron chi connectivity index (χ2n) is 8.91. The summed E-state index contributed by atoms with van der Waals surface area (Å²) in [5.74, 6) is 1.29.